The van der Waals surface area contributed by atoms with E-state index in [1.807, 2.05) is 13.0 Å². The van der Waals surface area contributed by atoms with Gasteiger partial charge in [-0.2, -0.15) is 0 Å². The van der Waals surface area contributed by atoms with Crippen LogP contribution in [0.4, 0.5) is 0 Å². The van der Waals surface area contributed by atoms with Crippen molar-refractivity contribution >= 4 is 42.1 Å². The van der Waals surface area contributed by atoms with Crippen LogP contribution in [0.2, 0.25) is 0 Å². The number of sulfonamides is 1. The van der Waals surface area contributed by atoms with Gasteiger partial charge in [0, 0.05) is 29.6 Å². The first-order chi connectivity index (χ1) is 18.1. The van der Waals surface area contributed by atoms with Gasteiger partial charge in [-0.1, -0.05) is 24.6 Å². The van der Waals surface area contributed by atoms with Crippen LogP contribution in [-0.4, -0.2) is 46.6 Å². The maximum atomic E-state index is 13.5. The Morgan fingerprint density at radius 2 is 1.71 bits per heavy atom. The third kappa shape index (κ3) is 3.89. The smallest absolute Gasteiger partial charge is 0.269 e. The SMILES string of the molecule is Cc1ccc(S(=O)(=O)n2ccc3c2ncc2nc(C4CC4)n([C@H]4C[C@@H](NS(=O)(=O)C5CC5)C[C@H]4C)c23)cc1. The number of aromatic nitrogens is 4. The molecule has 0 aliphatic heterocycles. The lowest BCUT2D eigenvalue weighted by Crippen LogP contribution is -2.35. The fraction of sp³-hybridized carbons (Fsp3) is 0.481. The van der Waals surface area contributed by atoms with Gasteiger partial charge in [-0.25, -0.2) is 35.5 Å². The monoisotopic (exact) mass is 553 g/mol. The van der Waals surface area contributed by atoms with E-state index in [4.69, 9.17) is 4.98 Å². The highest BCUT2D eigenvalue weighted by Crippen LogP contribution is 2.47. The van der Waals surface area contributed by atoms with E-state index >= 15 is 0 Å². The van der Waals surface area contributed by atoms with Crippen molar-refractivity contribution in [2.24, 2.45) is 5.92 Å². The number of hydrogen-bond acceptors (Lipinski definition) is 6. The summed E-state index contributed by atoms with van der Waals surface area (Å²) in [6.45, 7) is 4.09. The third-order valence-corrected chi connectivity index (χ3v) is 12.0. The van der Waals surface area contributed by atoms with Gasteiger partial charge in [0.25, 0.3) is 10.0 Å². The average molecular weight is 554 g/mol. The van der Waals surface area contributed by atoms with Gasteiger partial charge in [0.2, 0.25) is 10.0 Å². The van der Waals surface area contributed by atoms with Crippen molar-refractivity contribution in [2.75, 3.05) is 0 Å². The first-order valence-electron chi connectivity index (χ1n) is 13.3. The van der Waals surface area contributed by atoms with Gasteiger partial charge in [0.05, 0.1) is 21.9 Å². The Balaban J connectivity index is 1.34. The molecule has 0 saturated heterocycles. The zero-order chi connectivity index (χ0) is 26.4. The Labute approximate surface area is 222 Å². The fourth-order valence-electron chi connectivity index (χ4n) is 6.04. The summed E-state index contributed by atoms with van der Waals surface area (Å²) >= 11 is 0. The Kier molecular flexibility index (Phi) is 5.35. The molecule has 0 unspecified atom stereocenters. The second-order valence-corrected chi connectivity index (χ2v) is 15.2. The normalized spacial score (nSPS) is 24.5. The van der Waals surface area contributed by atoms with Gasteiger partial charge < -0.3 is 4.57 Å². The Morgan fingerprint density at radius 1 is 0.974 bits per heavy atom. The molecule has 3 fully saturated rings. The van der Waals surface area contributed by atoms with Crippen LogP contribution in [0, 0.1) is 12.8 Å². The molecule has 4 aromatic rings. The summed E-state index contributed by atoms with van der Waals surface area (Å²) in [5, 5.41) is 0.501. The summed E-state index contributed by atoms with van der Waals surface area (Å²) < 4.78 is 58.9. The predicted molar refractivity (Wildman–Crippen MR) is 145 cm³/mol. The van der Waals surface area contributed by atoms with E-state index in [0.29, 0.717) is 18.0 Å². The molecule has 9 nitrogen and oxygen atoms in total. The lowest BCUT2D eigenvalue weighted by molar-refractivity contribution is 0.405. The molecule has 200 valence electrons. The summed E-state index contributed by atoms with van der Waals surface area (Å²) in [5.41, 5.74) is 3.00. The summed E-state index contributed by atoms with van der Waals surface area (Å²) in [7, 11) is -7.11. The van der Waals surface area contributed by atoms with Crippen LogP contribution >= 0.6 is 0 Å². The van der Waals surface area contributed by atoms with Crippen molar-refractivity contribution in [3.63, 3.8) is 0 Å². The Bertz CT molecular complexity index is 1780. The number of nitrogens with zero attached hydrogens (tertiary/aromatic N) is 4. The molecule has 7 rings (SSSR count). The van der Waals surface area contributed by atoms with Crippen LogP contribution in [-0.2, 0) is 20.0 Å². The highest BCUT2D eigenvalue weighted by Gasteiger charge is 2.42. The van der Waals surface area contributed by atoms with Crippen molar-refractivity contribution in [3.05, 3.63) is 54.1 Å². The molecule has 38 heavy (non-hydrogen) atoms. The van der Waals surface area contributed by atoms with Gasteiger partial charge in [-0.15, -0.1) is 0 Å². The lowest BCUT2D eigenvalue weighted by atomic mass is 10.1. The highest BCUT2D eigenvalue weighted by atomic mass is 32.2. The molecular weight excluding hydrogens is 522 g/mol. The number of nitrogens with one attached hydrogen (secondary N) is 1. The highest BCUT2D eigenvalue weighted by molar-refractivity contribution is 7.90. The number of aryl methyl sites for hydroxylation is 1. The molecule has 3 aliphatic carbocycles. The summed E-state index contributed by atoms with van der Waals surface area (Å²) in [6, 6.07) is 8.57. The number of benzene rings is 1. The largest absolute Gasteiger partial charge is 0.324 e. The van der Waals surface area contributed by atoms with E-state index in [1.165, 1.54) is 3.97 Å². The zero-order valence-electron chi connectivity index (χ0n) is 21.4. The quantitative estimate of drug-likeness (QED) is 0.366. The molecule has 1 N–H and O–H groups in total. The predicted octanol–water partition coefficient (Wildman–Crippen LogP) is 4.23. The van der Waals surface area contributed by atoms with Gasteiger partial charge >= 0.3 is 0 Å². The van der Waals surface area contributed by atoms with Gasteiger partial charge in [0.15, 0.2) is 5.65 Å². The van der Waals surface area contributed by atoms with Crippen molar-refractivity contribution < 1.29 is 16.8 Å². The number of rotatable bonds is 7. The minimum Gasteiger partial charge on any atom is -0.324 e. The maximum Gasteiger partial charge on any atom is 0.269 e. The first kappa shape index (κ1) is 24.3. The van der Waals surface area contributed by atoms with Gasteiger partial charge in [-0.05, 0) is 69.6 Å². The minimum atomic E-state index is -3.83. The maximum absolute atomic E-state index is 13.5. The molecule has 11 heteroatoms. The molecule has 3 saturated carbocycles. The van der Waals surface area contributed by atoms with E-state index in [1.54, 1.807) is 36.7 Å². The van der Waals surface area contributed by atoms with Crippen LogP contribution in [0.5, 0.6) is 0 Å². The van der Waals surface area contributed by atoms with Gasteiger partial charge in [0.1, 0.15) is 11.3 Å². The molecule has 0 amide bonds. The van der Waals surface area contributed by atoms with Crippen LogP contribution in [0.1, 0.15) is 68.8 Å². The molecule has 3 aliphatic rings. The van der Waals surface area contributed by atoms with E-state index in [0.717, 1.165) is 59.9 Å². The van der Waals surface area contributed by atoms with Crippen LogP contribution in [0.25, 0.3) is 22.1 Å². The molecule has 0 spiro atoms. The second kappa shape index (κ2) is 8.37. The van der Waals surface area contributed by atoms with Crippen molar-refractivity contribution in [1.29, 1.82) is 0 Å². The van der Waals surface area contributed by atoms with E-state index in [-0.39, 0.29) is 28.1 Å². The molecule has 0 bridgehead atoms. The number of fused-ring (bicyclic) bond motifs is 3. The Hall–Kier alpha value is -2.76. The summed E-state index contributed by atoms with van der Waals surface area (Å²) in [4.78, 5) is 9.76. The molecule has 1 aromatic carbocycles. The molecule has 0 radical (unpaired) electrons. The van der Waals surface area contributed by atoms with Crippen molar-refractivity contribution in [1.82, 2.24) is 23.2 Å². The number of imidazole rings is 1. The standard InChI is InChI=1S/C27H31N5O4S2/c1-16-3-7-21(8-4-16)38(35,36)31-12-11-22-25-23(15-28-27(22)31)29-26(18-5-6-18)32(25)24-14-19(13-17(24)2)30-37(33,34)20-9-10-20/h3-4,7-8,11-12,15,17-20,24,30H,5-6,9-10,13-14H2,1-2H3/t17-,19+,24+/m1/s1. The molecule has 3 atom stereocenters. The van der Waals surface area contributed by atoms with Gasteiger partial charge in [-0.3, -0.25) is 0 Å². The van der Waals surface area contributed by atoms with Crippen LogP contribution < -0.4 is 4.72 Å². The molecule has 3 heterocycles. The summed E-state index contributed by atoms with van der Waals surface area (Å²) in [5.74, 6) is 1.61. The van der Waals surface area contributed by atoms with E-state index in [2.05, 4.69) is 21.2 Å². The zero-order valence-corrected chi connectivity index (χ0v) is 23.0. The molecule has 3 aromatic heterocycles. The second-order valence-electron chi connectivity index (χ2n) is 11.3. The lowest BCUT2D eigenvalue weighted by Gasteiger charge is -2.21. The van der Waals surface area contributed by atoms with Crippen molar-refractivity contribution in [3.8, 4) is 0 Å². The fourth-order valence-corrected chi connectivity index (χ4v) is 8.95. The van der Waals surface area contributed by atoms with Crippen molar-refractivity contribution in [2.45, 2.75) is 80.5 Å². The topological polar surface area (TPSA) is 116 Å². The summed E-state index contributed by atoms with van der Waals surface area (Å²) in [6.07, 6.45) is 8.32. The molecular formula is C27H31N5O4S2. The minimum absolute atomic E-state index is 0.0603. The van der Waals surface area contributed by atoms with Crippen LogP contribution in [0.3, 0.4) is 0 Å². The number of pyridine rings is 1. The Morgan fingerprint density at radius 3 is 2.39 bits per heavy atom. The van der Waals surface area contributed by atoms with E-state index in [9.17, 15) is 16.8 Å². The number of hydrogen-bond donors (Lipinski definition) is 1. The third-order valence-electron chi connectivity index (χ3n) is 8.34. The average Bonchev–Trinajstić information content (AvgIpc) is 3.79. The first-order valence-corrected chi connectivity index (χ1v) is 16.3. The van der Waals surface area contributed by atoms with E-state index < -0.39 is 20.0 Å². The van der Waals surface area contributed by atoms with Crippen LogP contribution in [0.15, 0.2) is 47.6 Å².